The zero-order chi connectivity index (χ0) is 15.2. The van der Waals surface area contributed by atoms with Gasteiger partial charge in [0.1, 0.15) is 11.4 Å². The van der Waals surface area contributed by atoms with Gasteiger partial charge in [-0.1, -0.05) is 0 Å². The Kier molecular flexibility index (Phi) is 6.01. The van der Waals surface area contributed by atoms with Gasteiger partial charge >= 0.3 is 6.09 Å². The summed E-state index contributed by atoms with van der Waals surface area (Å²) in [4.78, 5) is 21.0. The van der Waals surface area contributed by atoms with Gasteiger partial charge in [0, 0.05) is 31.5 Å². The van der Waals surface area contributed by atoms with Crippen molar-refractivity contribution in [3.05, 3.63) is 18.2 Å². The first kappa shape index (κ1) is 16.5. The van der Waals surface area contributed by atoms with Crippen molar-refractivity contribution < 1.29 is 9.53 Å². The van der Waals surface area contributed by atoms with E-state index in [4.69, 9.17) is 4.74 Å². The Hall–Kier alpha value is -1.56. The molecule has 0 aliphatic carbocycles. The second kappa shape index (κ2) is 7.28. The molecule has 0 saturated heterocycles. The molecule has 0 saturated carbocycles. The Morgan fingerprint density at radius 3 is 2.70 bits per heavy atom. The largest absolute Gasteiger partial charge is 0.444 e. The van der Waals surface area contributed by atoms with Crippen LogP contribution in [0.15, 0.2) is 12.4 Å². The number of carbonyl (C=O) groups is 1. The highest BCUT2D eigenvalue weighted by atomic mass is 16.6. The van der Waals surface area contributed by atoms with E-state index in [2.05, 4.69) is 15.3 Å². The Bertz CT molecular complexity index is 396. The molecule has 0 radical (unpaired) electrons. The van der Waals surface area contributed by atoms with Crippen molar-refractivity contribution in [3.8, 4) is 0 Å². The molecule has 1 aromatic heterocycles. The molecule has 0 aromatic carbocycles. The van der Waals surface area contributed by atoms with E-state index >= 15 is 0 Å². The third-order valence-corrected chi connectivity index (χ3v) is 2.63. The van der Waals surface area contributed by atoms with E-state index in [1.165, 1.54) is 0 Å². The van der Waals surface area contributed by atoms with Crippen LogP contribution in [0.1, 0.15) is 40.4 Å². The molecular formula is C14H26N4O2. The van der Waals surface area contributed by atoms with Crippen LogP contribution in [0.5, 0.6) is 0 Å². The van der Waals surface area contributed by atoms with E-state index in [0.29, 0.717) is 19.6 Å². The van der Waals surface area contributed by atoms with Crippen molar-refractivity contribution in [1.82, 2.24) is 20.2 Å². The molecule has 2 N–H and O–H groups in total. The van der Waals surface area contributed by atoms with Crippen molar-refractivity contribution in [1.29, 1.82) is 0 Å². The number of hydrogen-bond donors (Lipinski definition) is 2. The normalized spacial score (nSPS) is 11.7. The molecular weight excluding hydrogens is 256 g/mol. The molecule has 0 atom stereocenters. The molecule has 6 heteroatoms. The molecule has 0 spiro atoms. The van der Waals surface area contributed by atoms with E-state index in [9.17, 15) is 4.79 Å². The summed E-state index contributed by atoms with van der Waals surface area (Å²) in [5, 5.41) is 3.25. The third kappa shape index (κ3) is 6.06. The van der Waals surface area contributed by atoms with Crippen LogP contribution >= 0.6 is 0 Å². The number of ether oxygens (including phenoxy) is 1. The Balaban J connectivity index is 2.37. The van der Waals surface area contributed by atoms with Crippen LogP contribution < -0.4 is 5.32 Å². The fourth-order valence-electron chi connectivity index (χ4n) is 1.68. The molecule has 1 amide bonds. The molecule has 20 heavy (non-hydrogen) atoms. The summed E-state index contributed by atoms with van der Waals surface area (Å²) in [6.07, 6.45) is 3.24. The lowest BCUT2D eigenvalue weighted by atomic mass is 10.2. The second-order valence-electron chi connectivity index (χ2n) is 5.98. The maximum absolute atomic E-state index is 12.1. The predicted octanol–water partition coefficient (Wildman–Crippen LogP) is 2.14. The first-order valence-corrected chi connectivity index (χ1v) is 6.98. The van der Waals surface area contributed by atoms with Crippen molar-refractivity contribution in [2.75, 3.05) is 13.1 Å². The number of hydrogen-bond acceptors (Lipinski definition) is 4. The highest BCUT2D eigenvalue weighted by Crippen LogP contribution is 2.11. The summed E-state index contributed by atoms with van der Waals surface area (Å²) in [6, 6.07) is 0.107. The molecule has 1 heterocycles. The van der Waals surface area contributed by atoms with Gasteiger partial charge in [0.2, 0.25) is 0 Å². The van der Waals surface area contributed by atoms with Gasteiger partial charge in [0.15, 0.2) is 0 Å². The average molecular weight is 282 g/mol. The monoisotopic (exact) mass is 282 g/mol. The maximum atomic E-state index is 12.1. The number of carbonyl (C=O) groups excluding carboxylic acids is 1. The van der Waals surface area contributed by atoms with E-state index < -0.39 is 5.60 Å². The highest BCUT2D eigenvalue weighted by molar-refractivity contribution is 5.68. The minimum absolute atomic E-state index is 0.107. The van der Waals surface area contributed by atoms with E-state index in [-0.39, 0.29) is 12.1 Å². The maximum Gasteiger partial charge on any atom is 0.410 e. The number of nitrogens with one attached hydrogen (secondary N) is 2. The topological polar surface area (TPSA) is 70.2 Å². The summed E-state index contributed by atoms with van der Waals surface area (Å²) < 4.78 is 5.40. The van der Waals surface area contributed by atoms with Gasteiger partial charge in [0.25, 0.3) is 0 Å². The van der Waals surface area contributed by atoms with Gasteiger partial charge in [-0.2, -0.15) is 0 Å². The van der Waals surface area contributed by atoms with Gasteiger partial charge in [0.05, 0.1) is 6.54 Å². The molecule has 0 unspecified atom stereocenters. The van der Waals surface area contributed by atoms with E-state index in [0.717, 1.165) is 5.82 Å². The minimum atomic E-state index is -0.466. The van der Waals surface area contributed by atoms with Crippen molar-refractivity contribution in [3.63, 3.8) is 0 Å². The highest BCUT2D eigenvalue weighted by Gasteiger charge is 2.23. The van der Waals surface area contributed by atoms with Crippen LogP contribution in [-0.4, -0.2) is 45.7 Å². The Labute approximate surface area is 120 Å². The molecule has 1 aromatic rings. The van der Waals surface area contributed by atoms with Crippen molar-refractivity contribution in [2.45, 2.75) is 52.8 Å². The molecule has 0 aliphatic rings. The lowest BCUT2D eigenvalue weighted by molar-refractivity contribution is 0.0193. The van der Waals surface area contributed by atoms with Gasteiger partial charge < -0.3 is 19.9 Å². The van der Waals surface area contributed by atoms with E-state index in [1.54, 1.807) is 17.3 Å². The first-order chi connectivity index (χ1) is 9.29. The number of rotatable bonds is 6. The van der Waals surface area contributed by atoms with Crippen LogP contribution in [0.4, 0.5) is 4.79 Å². The summed E-state index contributed by atoms with van der Waals surface area (Å²) in [5.41, 5.74) is -0.466. The third-order valence-electron chi connectivity index (χ3n) is 2.63. The minimum Gasteiger partial charge on any atom is -0.444 e. The van der Waals surface area contributed by atoms with Gasteiger partial charge in [-0.3, -0.25) is 0 Å². The summed E-state index contributed by atoms with van der Waals surface area (Å²) >= 11 is 0. The van der Waals surface area contributed by atoms with Crippen LogP contribution in [0.2, 0.25) is 0 Å². The van der Waals surface area contributed by atoms with E-state index in [1.807, 2.05) is 34.6 Å². The smallest absolute Gasteiger partial charge is 0.410 e. The molecule has 114 valence electrons. The number of amides is 1. The average Bonchev–Trinajstić information content (AvgIpc) is 2.78. The SMILES string of the molecule is CC(C)N(CCNCc1ncc[nH]1)C(=O)OC(C)(C)C. The fourth-order valence-corrected chi connectivity index (χ4v) is 1.68. The molecule has 6 nitrogen and oxygen atoms in total. The first-order valence-electron chi connectivity index (χ1n) is 6.98. The van der Waals surface area contributed by atoms with Gasteiger partial charge in [-0.25, -0.2) is 9.78 Å². The number of H-pyrrole nitrogens is 1. The fraction of sp³-hybridized carbons (Fsp3) is 0.714. The number of aromatic nitrogens is 2. The molecule has 0 bridgehead atoms. The zero-order valence-corrected chi connectivity index (χ0v) is 13.1. The van der Waals surface area contributed by atoms with Crippen molar-refractivity contribution in [2.24, 2.45) is 0 Å². The molecule has 1 rings (SSSR count). The van der Waals surface area contributed by atoms with Gasteiger partial charge in [-0.05, 0) is 34.6 Å². The summed E-state index contributed by atoms with van der Waals surface area (Å²) in [6.45, 7) is 11.5. The standard InChI is InChI=1S/C14H26N4O2/c1-11(2)18(13(19)20-14(3,4)5)9-8-15-10-12-16-6-7-17-12/h6-7,11,15H,8-10H2,1-5H3,(H,16,17). The second-order valence-corrected chi connectivity index (χ2v) is 5.98. The summed E-state index contributed by atoms with van der Waals surface area (Å²) in [5.74, 6) is 0.887. The Morgan fingerprint density at radius 1 is 1.50 bits per heavy atom. The predicted molar refractivity (Wildman–Crippen MR) is 78.4 cm³/mol. The number of imidazole rings is 1. The quantitative estimate of drug-likeness (QED) is 0.784. The van der Waals surface area contributed by atoms with Gasteiger partial charge in [-0.15, -0.1) is 0 Å². The molecule has 0 aliphatic heterocycles. The van der Waals surface area contributed by atoms with Crippen LogP contribution in [0.25, 0.3) is 0 Å². The zero-order valence-electron chi connectivity index (χ0n) is 13.1. The Morgan fingerprint density at radius 2 is 2.20 bits per heavy atom. The lowest BCUT2D eigenvalue weighted by Gasteiger charge is -2.30. The lowest BCUT2D eigenvalue weighted by Crippen LogP contribution is -2.44. The van der Waals surface area contributed by atoms with Crippen LogP contribution in [0.3, 0.4) is 0 Å². The number of nitrogens with zero attached hydrogens (tertiary/aromatic N) is 2. The van der Waals surface area contributed by atoms with Crippen molar-refractivity contribution >= 4 is 6.09 Å². The summed E-state index contributed by atoms with van der Waals surface area (Å²) in [7, 11) is 0. The number of aromatic amines is 1. The van der Waals surface area contributed by atoms with Crippen LogP contribution in [0, 0.1) is 0 Å². The molecule has 0 fully saturated rings. The van der Waals surface area contributed by atoms with Crippen LogP contribution in [-0.2, 0) is 11.3 Å².